The molecule has 0 unspecified atom stereocenters. The zero-order valence-corrected chi connectivity index (χ0v) is 8.19. The van der Waals surface area contributed by atoms with Gasteiger partial charge in [-0.1, -0.05) is 15.9 Å². The number of alkyl halides is 1. The van der Waals surface area contributed by atoms with E-state index in [9.17, 15) is 4.79 Å². The average molecular weight is 220 g/mol. The SMILES string of the molecule is O=C(CBr)CC1CCNCC1. The van der Waals surface area contributed by atoms with Crippen molar-refractivity contribution >= 4 is 21.7 Å². The third kappa shape index (κ3) is 3.34. The van der Waals surface area contributed by atoms with Gasteiger partial charge in [0.05, 0.1) is 5.33 Å². The fourth-order valence-corrected chi connectivity index (χ4v) is 1.69. The van der Waals surface area contributed by atoms with Crippen molar-refractivity contribution in [2.75, 3.05) is 18.4 Å². The molecule has 0 spiro atoms. The lowest BCUT2D eigenvalue weighted by Gasteiger charge is -2.21. The van der Waals surface area contributed by atoms with Crippen molar-refractivity contribution in [3.05, 3.63) is 0 Å². The number of piperidine rings is 1. The molecule has 0 radical (unpaired) electrons. The molecule has 2 nitrogen and oxygen atoms in total. The van der Waals surface area contributed by atoms with Crippen LogP contribution in [0.1, 0.15) is 19.3 Å². The molecule has 1 N–H and O–H groups in total. The maximum absolute atomic E-state index is 11.0. The second kappa shape index (κ2) is 4.88. The van der Waals surface area contributed by atoms with Crippen molar-refractivity contribution in [2.24, 2.45) is 5.92 Å². The number of carbonyl (C=O) groups is 1. The van der Waals surface area contributed by atoms with E-state index in [0.29, 0.717) is 17.0 Å². The van der Waals surface area contributed by atoms with Crippen molar-refractivity contribution in [3.8, 4) is 0 Å². The highest BCUT2D eigenvalue weighted by molar-refractivity contribution is 9.09. The van der Waals surface area contributed by atoms with Crippen molar-refractivity contribution in [2.45, 2.75) is 19.3 Å². The molecule has 1 heterocycles. The van der Waals surface area contributed by atoms with Crippen LogP contribution in [0, 0.1) is 5.92 Å². The predicted molar refractivity (Wildman–Crippen MR) is 49.0 cm³/mol. The first-order valence-electron chi connectivity index (χ1n) is 4.11. The molecular formula is C8H14BrNO. The zero-order chi connectivity index (χ0) is 8.10. The van der Waals surface area contributed by atoms with E-state index in [1.807, 2.05) is 0 Å². The van der Waals surface area contributed by atoms with Gasteiger partial charge in [0.1, 0.15) is 5.78 Å². The summed E-state index contributed by atoms with van der Waals surface area (Å²) in [6, 6.07) is 0. The molecule has 0 aromatic carbocycles. The fraction of sp³-hybridized carbons (Fsp3) is 0.875. The first-order chi connectivity index (χ1) is 5.33. The first-order valence-corrected chi connectivity index (χ1v) is 5.23. The quantitative estimate of drug-likeness (QED) is 0.727. The van der Waals surface area contributed by atoms with Gasteiger partial charge in [0.25, 0.3) is 0 Å². The molecule has 0 aliphatic carbocycles. The smallest absolute Gasteiger partial charge is 0.143 e. The van der Waals surface area contributed by atoms with E-state index in [0.717, 1.165) is 19.5 Å². The lowest BCUT2D eigenvalue weighted by Crippen LogP contribution is -2.29. The molecule has 0 aromatic heterocycles. The summed E-state index contributed by atoms with van der Waals surface area (Å²) >= 11 is 3.18. The number of rotatable bonds is 3. The largest absolute Gasteiger partial charge is 0.317 e. The molecule has 11 heavy (non-hydrogen) atoms. The van der Waals surface area contributed by atoms with Gasteiger partial charge < -0.3 is 5.32 Å². The fourth-order valence-electron chi connectivity index (χ4n) is 1.46. The summed E-state index contributed by atoms with van der Waals surface area (Å²) in [6.45, 7) is 2.17. The molecule has 0 saturated carbocycles. The molecule has 0 atom stereocenters. The number of carbonyl (C=O) groups excluding carboxylic acids is 1. The highest BCUT2D eigenvalue weighted by Gasteiger charge is 2.15. The van der Waals surface area contributed by atoms with E-state index in [-0.39, 0.29) is 0 Å². The number of ketones is 1. The Hall–Kier alpha value is 0.110. The molecule has 1 aliphatic rings. The molecule has 0 bridgehead atoms. The van der Waals surface area contributed by atoms with Crippen LogP contribution in [0.3, 0.4) is 0 Å². The number of nitrogens with one attached hydrogen (secondary N) is 1. The van der Waals surface area contributed by atoms with Gasteiger partial charge in [0.2, 0.25) is 0 Å². The highest BCUT2D eigenvalue weighted by atomic mass is 79.9. The molecular weight excluding hydrogens is 206 g/mol. The van der Waals surface area contributed by atoms with Crippen LogP contribution < -0.4 is 5.32 Å². The average Bonchev–Trinajstić information content (AvgIpc) is 2.06. The zero-order valence-electron chi connectivity index (χ0n) is 6.61. The standard InChI is InChI=1S/C8H14BrNO/c9-6-8(11)5-7-1-3-10-4-2-7/h7,10H,1-6H2. The Kier molecular flexibility index (Phi) is 4.08. The van der Waals surface area contributed by atoms with Gasteiger partial charge in [-0.3, -0.25) is 4.79 Å². The maximum Gasteiger partial charge on any atom is 0.143 e. The minimum Gasteiger partial charge on any atom is -0.317 e. The van der Waals surface area contributed by atoms with E-state index in [1.54, 1.807) is 0 Å². The van der Waals surface area contributed by atoms with Crippen LogP contribution in [0.2, 0.25) is 0 Å². The van der Waals surface area contributed by atoms with Crippen LogP contribution >= 0.6 is 15.9 Å². The van der Waals surface area contributed by atoms with Gasteiger partial charge in [-0.15, -0.1) is 0 Å². The van der Waals surface area contributed by atoms with Crippen molar-refractivity contribution in [3.63, 3.8) is 0 Å². The summed E-state index contributed by atoms with van der Waals surface area (Å²) < 4.78 is 0. The Morgan fingerprint density at radius 2 is 2.09 bits per heavy atom. The number of hydrogen-bond donors (Lipinski definition) is 1. The summed E-state index contributed by atoms with van der Waals surface area (Å²) in [4.78, 5) is 11.0. The van der Waals surface area contributed by atoms with E-state index in [2.05, 4.69) is 21.2 Å². The van der Waals surface area contributed by atoms with Gasteiger partial charge in [0, 0.05) is 6.42 Å². The molecule has 0 aromatic rings. The molecule has 1 aliphatic heterocycles. The van der Waals surface area contributed by atoms with Crippen molar-refractivity contribution in [1.82, 2.24) is 5.32 Å². The third-order valence-corrected chi connectivity index (χ3v) is 2.75. The van der Waals surface area contributed by atoms with Gasteiger partial charge in [-0.05, 0) is 31.8 Å². The minimum atomic E-state index is 0.344. The normalized spacial score (nSPS) is 20.1. The second-order valence-electron chi connectivity index (χ2n) is 3.07. The van der Waals surface area contributed by atoms with Gasteiger partial charge in [0.15, 0.2) is 0 Å². The Balaban J connectivity index is 2.19. The van der Waals surface area contributed by atoms with Gasteiger partial charge in [-0.25, -0.2) is 0 Å². The Morgan fingerprint density at radius 1 is 1.45 bits per heavy atom. The lowest BCUT2D eigenvalue weighted by atomic mass is 9.93. The van der Waals surface area contributed by atoms with Gasteiger partial charge >= 0.3 is 0 Å². The summed E-state index contributed by atoms with van der Waals surface area (Å²) in [7, 11) is 0. The van der Waals surface area contributed by atoms with Crippen molar-refractivity contribution in [1.29, 1.82) is 0 Å². The number of hydrogen-bond acceptors (Lipinski definition) is 2. The van der Waals surface area contributed by atoms with Crippen molar-refractivity contribution < 1.29 is 4.79 Å². The summed E-state index contributed by atoms with van der Waals surface area (Å²) in [5, 5.41) is 3.81. The Morgan fingerprint density at radius 3 is 2.64 bits per heavy atom. The predicted octanol–water partition coefficient (Wildman–Crippen LogP) is 1.34. The molecule has 1 saturated heterocycles. The van der Waals surface area contributed by atoms with Gasteiger partial charge in [-0.2, -0.15) is 0 Å². The molecule has 1 rings (SSSR count). The topological polar surface area (TPSA) is 29.1 Å². The third-order valence-electron chi connectivity index (χ3n) is 2.12. The number of Topliss-reactive ketones (excluding diaryl/α,β-unsaturated/α-hetero) is 1. The lowest BCUT2D eigenvalue weighted by molar-refractivity contribution is -0.117. The second-order valence-corrected chi connectivity index (χ2v) is 3.63. The highest BCUT2D eigenvalue weighted by Crippen LogP contribution is 2.16. The van der Waals surface area contributed by atoms with E-state index >= 15 is 0 Å². The Bertz CT molecular complexity index is 132. The van der Waals surface area contributed by atoms with Crippen LogP contribution in [-0.4, -0.2) is 24.2 Å². The molecule has 1 fully saturated rings. The molecule has 0 amide bonds. The first kappa shape index (κ1) is 9.20. The van der Waals surface area contributed by atoms with Crippen LogP contribution in [-0.2, 0) is 4.79 Å². The van der Waals surface area contributed by atoms with E-state index in [1.165, 1.54) is 12.8 Å². The monoisotopic (exact) mass is 219 g/mol. The minimum absolute atomic E-state index is 0.344. The van der Waals surface area contributed by atoms with E-state index in [4.69, 9.17) is 0 Å². The summed E-state index contributed by atoms with van der Waals surface area (Å²) in [5.74, 6) is 0.984. The van der Waals surface area contributed by atoms with Crippen LogP contribution in [0.15, 0.2) is 0 Å². The molecule has 64 valence electrons. The summed E-state index contributed by atoms with van der Waals surface area (Å²) in [6.07, 6.45) is 3.10. The van der Waals surface area contributed by atoms with Crippen LogP contribution in [0.25, 0.3) is 0 Å². The van der Waals surface area contributed by atoms with Crippen LogP contribution in [0.4, 0.5) is 0 Å². The molecule has 3 heteroatoms. The van der Waals surface area contributed by atoms with E-state index < -0.39 is 0 Å². The number of halogens is 1. The Labute approximate surface area is 75.9 Å². The maximum atomic E-state index is 11.0. The summed E-state index contributed by atoms with van der Waals surface area (Å²) in [5.41, 5.74) is 0. The van der Waals surface area contributed by atoms with Crippen LogP contribution in [0.5, 0.6) is 0 Å².